The highest BCUT2D eigenvalue weighted by Gasteiger charge is 2.20. The quantitative estimate of drug-likeness (QED) is 0.786. The topological polar surface area (TPSA) is 57.3 Å². The molecule has 0 amide bonds. The van der Waals surface area contributed by atoms with Crippen LogP contribution < -0.4 is 0 Å². The first-order valence-electron chi connectivity index (χ1n) is 7.84. The van der Waals surface area contributed by atoms with Gasteiger partial charge in [-0.3, -0.25) is 10.4 Å². The number of hydrogen-bond donors (Lipinski definition) is 1. The van der Waals surface area contributed by atoms with E-state index in [0.717, 1.165) is 30.8 Å². The SMILES string of the molecule is CCC(C)N1C=CCC=C1C(=N)C(C)=NCCn1ccnc1. The maximum Gasteiger partial charge on any atom is 0.0981 e. The maximum atomic E-state index is 8.45. The fraction of sp³-hybridized carbons (Fsp3) is 0.471. The number of rotatable bonds is 7. The van der Waals surface area contributed by atoms with E-state index in [0.29, 0.717) is 18.3 Å². The van der Waals surface area contributed by atoms with Crippen LogP contribution in [0.5, 0.6) is 0 Å². The normalized spacial score (nSPS) is 16.6. The smallest absolute Gasteiger partial charge is 0.0981 e. The van der Waals surface area contributed by atoms with E-state index >= 15 is 0 Å². The molecule has 0 saturated carbocycles. The van der Waals surface area contributed by atoms with Crippen LogP contribution in [0, 0.1) is 5.41 Å². The Balaban J connectivity index is 2.00. The minimum atomic E-state index is 0.391. The van der Waals surface area contributed by atoms with Crippen LogP contribution in [0.25, 0.3) is 0 Å². The standard InChI is InChI=1S/C17H25N5/c1-4-14(2)22-10-6-5-7-16(22)17(18)15(3)20-9-12-21-11-8-19-13-21/h6-8,10-11,13-14,18H,4-5,9,12H2,1-3H3. The average molecular weight is 299 g/mol. The highest BCUT2D eigenvalue weighted by atomic mass is 15.2. The summed E-state index contributed by atoms with van der Waals surface area (Å²) in [5.41, 5.74) is 2.28. The molecule has 5 nitrogen and oxygen atoms in total. The van der Waals surface area contributed by atoms with Crippen molar-refractivity contribution >= 4 is 11.4 Å². The van der Waals surface area contributed by atoms with Gasteiger partial charge >= 0.3 is 0 Å². The molecule has 1 unspecified atom stereocenters. The van der Waals surface area contributed by atoms with Gasteiger partial charge < -0.3 is 9.47 Å². The molecule has 22 heavy (non-hydrogen) atoms. The van der Waals surface area contributed by atoms with Crippen molar-refractivity contribution in [1.82, 2.24) is 14.5 Å². The van der Waals surface area contributed by atoms with E-state index in [2.05, 4.69) is 47.1 Å². The Bertz CT molecular complexity index is 580. The summed E-state index contributed by atoms with van der Waals surface area (Å²) in [6.45, 7) is 7.72. The molecule has 1 aromatic rings. The first-order valence-corrected chi connectivity index (χ1v) is 7.84. The monoisotopic (exact) mass is 299 g/mol. The van der Waals surface area contributed by atoms with Gasteiger partial charge in [0.05, 0.1) is 30.0 Å². The Morgan fingerprint density at radius 2 is 2.32 bits per heavy atom. The minimum absolute atomic E-state index is 0.391. The minimum Gasteiger partial charge on any atom is -0.344 e. The number of imidazole rings is 1. The molecule has 118 valence electrons. The van der Waals surface area contributed by atoms with Gasteiger partial charge in [0.2, 0.25) is 0 Å². The van der Waals surface area contributed by atoms with Crippen molar-refractivity contribution in [1.29, 1.82) is 5.41 Å². The number of nitrogens with zero attached hydrogens (tertiary/aromatic N) is 4. The summed E-state index contributed by atoms with van der Waals surface area (Å²) in [7, 11) is 0. The van der Waals surface area contributed by atoms with E-state index in [1.165, 1.54) is 0 Å². The van der Waals surface area contributed by atoms with Crippen LogP contribution in [0.3, 0.4) is 0 Å². The molecular formula is C17H25N5. The predicted molar refractivity (Wildman–Crippen MR) is 91.4 cm³/mol. The van der Waals surface area contributed by atoms with E-state index in [-0.39, 0.29) is 0 Å². The van der Waals surface area contributed by atoms with Crippen molar-refractivity contribution in [3.63, 3.8) is 0 Å². The molecule has 1 atom stereocenters. The fourth-order valence-corrected chi connectivity index (χ4v) is 2.37. The van der Waals surface area contributed by atoms with Gasteiger partial charge in [-0.15, -0.1) is 0 Å². The lowest BCUT2D eigenvalue weighted by Crippen LogP contribution is -2.33. The van der Waals surface area contributed by atoms with Crippen LogP contribution in [0.15, 0.2) is 47.8 Å². The maximum absolute atomic E-state index is 8.45. The van der Waals surface area contributed by atoms with Crippen molar-refractivity contribution in [2.45, 2.75) is 46.2 Å². The van der Waals surface area contributed by atoms with Gasteiger partial charge in [-0.25, -0.2) is 4.98 Å². The Morgan fingerprint density at radius 1 is 1.50 bits per heavy atom. The molecule has 1 aliphatic heterocycles. The number of aliphatic imine (C=N–C) groups is 1. The fourth-order valence-electron chi connectivity index (χ4n) is 2.37. The summed E-state index contributed by atoms with van der Waals surface area (Å²) in [4.78, 5) is 10.7. The summed E-state index contributed by atoms with van der Waals surface area (Å²) >= 11 is 0. The molecule has 1 aliphatic rings. The van der Waals surface area contributed by atoms with Crippen LogP contribution in [0.4, 0.5) is 0 Å². The molecule has 2 rings (SSSR count). The Kier molecular flexibility index (Phi) is 5.69. The van der Waals surface area contributed by atoms with Gasteiger partial charge in [0.1, 0.15) is 0 Å². The molecule has 2 heterocycles. The summed E-state index contributed by atoms with van der Waals surface area (Å²) in [6, 6.07) is 0.391. The molecule has 0 bridgehead atoms. The summed E-state index contributed by atoms with van der Waals surface area (Å²) in [5, 5.41) is 8.45. The van der Waals surface area contributed by atoms with E-state index < -0.39 is 0 Å². The van der Waals surface area contributed by atoms with Crippen LogP contribution in [-0.4, -0.2) is 38.5 Å². The van der Waals surface area contributed by atoms with Crippen LogP contribution in [0.1, 0.15) is 33.6 Å². The molecule has 0 saturated heterocycles. The first-order chi connectivity index (χ1) is 10.6. The van der Waals surface area contributed by atoms with Gasteiger partial charge in [-0.05, 0) is 26.7 Å². The Morgan fingerprint density at radius 3 is 3.00 bits per heavy atom. The third-order valence-corrected chi connectivity index (χ3v) is 3.94. The van der Waals surface area contributed by atoms with Gasteiger partial charge in [-0.2, -0.15) is 0 Å². The summed E-state index contributed by atoms with van der Waals surface area (Å²) in [6.07, 6.45) is 13.7. The number of allylic oxidation sites excluding steroid dienone is 3. The molecule has 0 fully saturated rings. The molecule has 0 aromatic carbocycles. The van der Waals surface area contributed by atoms with Crippen molar-refractivity contribution in [3.8, 4) is 0 Å². The predicted octanol–water partition coefficient (Wildman–Crippen LogP) is 3.27. The van der Waals surface area contributed by atoms with E-state index in [1.54, 1.807) is 12.5 Å². The summed E-state index contributed by atoms with van der Waals surface area (Å²) < 4.78 is 1.99. The number of aromatic nitrogens is 2. The van der Waals surface area contributed by atoms with Crippen LogP contribution in [0.2, 0.25) is 0 Å². The largest absolute Gasteiger partial charge is 0.344 e. The van der Waals surface area contributed by atoms with Crippen LogP contribution in [-0.2, 0) is 6.54 Å². The highest BCUT2D eigenvalue weighted by molar-refractivity contribution is 6.46. The third-order valence-electron chi connectivity index (χ3n) is 3.94. The lowest BCUT2D eigenvalue weighted by atomic mass is 10.1. The van der Waals surface area contributed by atoms with Gasteiger partial charge in [0.25, 0.3) is 0 Å². The lowest BCUT2D eigenvalue weighted by molar-refractivity contribution is 0.361. The molecule has 0 aliphatic carbocycles. The van der Waals surface area contributed by atoms with Crippen molar-refractivity contribution in [2.24, 2.45) is 4.99 Å². The van der Waals surface area contributed by atoms with Gasteiger partial charge in [-0.1, -0.05) is 19.1 Å². The lowest BCUT2D eigenvalue weighted by Gasteiger charge is -2.31. The van der Waals surface area contributed by atoms with E-state index in [4.69, 9.17) is 5.41 Å². The first kappa shape index (κ1) is 16.2. The van der Waals surface area contributed by atoms with Gasteiger partial charge in [0, 0.05) is 31.2 Å². The van der Waals surface area contributed by atoms with Crippen LogP contribution >= 0.6 is 0 Å². The van der Waals surface area contributed by atoms with E-state index in [9.17, 15) is 0 Å². The molecule has 0 radical (unpaired) electrons. The summed E-state index contributed by atoms with van der Waals surface area (Å²) in [5.74, 6) is 0. The zero-order valence-corrected chi connectivity index (χ0v) is 13.7. The second-order valence-electron chi connectivity index (χ2n) is 5.52. The molecule has 5 heteroatoms. The number of nitrogens with one attached hydrogen (secondary N) is 1. The van der Waals surface area contributed by atoms with E-state index in [1.807, 2.05) is 17.7 Å². The zero-order chi connectivity index (χ0) is 15.9. The highest BCUT2D eigenvalue weighted by Crippen LogP contribution is 2.19. The molecule has 0 spiro atoms. The second kappa shape index (κ2) is 7.73. The molecule has 1 N–H and O–H groups in total. The zero-order valence-electron chi connectivity index (χ0n) is 13.7. The van der Waals surface area contributed by atoms with Crippen molar-refractivity contribution in [3.05, 3.63) is 42.8 Å². The van der Waals surface area contributed by atoms with Crippen molar-refractivity contribution < 1.29 is 0 Å². The average Bonchev–Trinajstić information content (AvgIpc) is 3.06. The number of hydrogen-bond acceptors (Lipinski definition) is 4. The van der Waals surface area contributed by atoms with Gasteiger partial charge in [0.15, 0.2) is 0 Å². The Hall–Kier alpha value is -2.17. The van der Waals surface area contributed by atoms with Crippen molar-refractivity contribution in [2.75, 3.05) is 6.54 Å². The molecular weight excluding hydrogens is 274 g/mol. The Labute approximate surface area is 132 Å². The second-order valence-corrected chi connectivity index (χ2v) is 5.52. The third kappa shape index (κ3) is 3.93. The molecule has 1 aromatic heterocycles.